The zero-order valence-corrected chi connectivity index (χ0v) is 20.0. The van der Waals surface area contributed by atoms with Gasteiger partial charge < -0.3 is 4.79 Å². The third kappa shape index (κ3) is 208000. The molecule has 23 heavy (non-hydrogen) atoms. The van der Waals surface area contributed by atoms with E-state index in [9.17, 15) is 28.9 Å². The van der Waals surface area contributed by atoms with Gasteiger partial charge in [-0.1, -0.05) is 7.43 Å². The molecule has 0 saturated carbocycles. The van der Waals surface area contributed by atoms with Gasteiger partial charge in [0.25, 0.3) is 0 Å². The van der Waals surface area contributed by atoms with E-state index in [1.54, 1.807) is 24.2 Å². The Balaban J connectivity index is -0.0000000390. The van der Waals surface area contributed by atoms with Crippen LogP contribution in [-0.4, -0.2) is 70.0 Å². The standard InChI is InChI=1S/C3H6O.C2H6O2S.C2H6O2Se.C2H6OS.C2H6OSe.CH4/c1-3(2)4;2*1-5(2,3)4;2*1-4(2)3;/h1-2H3;2*1-2H3;2*1-2H3;1H4. The minimum absolute atomic E-state index is 0. The van der Waals surface area contributed by atoms with Crippen LogP contribution in [0.2, 0.25) is 23.3 Å². The molecule has 0 spiro atoms. The van der Waals surface area contributed by atoms with Crippen LogP contribution in [0.5, 0.6) is 0 Å². The summed E-state index contributed by atoms with van der Waals surface area (Å²) in [6.07, 6.45) is 5.60. The van der Waals surface area contributed by atoms with Gasteiger partial charge in [0.1, 0.15) is 15.6 Å². The van der Waals surface area contributed by atoms with Crippen molar-refractivity contribution in [1.29, 1.82) is 0 Å². The fourth-order valence-corrected chi connectivity index (χ4v) is 0. The molecule has 0 saturated heterocycles. The van der Waals surface area contributed by atoms with Crippen LogP contribution in [-0.2, 0) is 36.9 Å². The van der Waals surface area contributed by atoms with Crippen LogP contribution in [0.25, 0.3) is 0 Å². The molecule has 0 aromatic carbocycles. The van der Waals surface area contributed by atoms with E-state index in [1.165, 1.54) is 25.5 Å². The zero-order valence-electron chi connectivity index (χ0n) is 15.0. The average molecular weight is 512 g/mol. The number of hydrogen-bond donors (Lipinski definition) is 0. The Hall–Kier alpha value is 0.209. The van der Waals surface area contributed by atoms with Gasteiger partial charge in [0.15, 0.2) is 0 Å². The Morgan fingerprint density at radius 2 is 1.00 bits per heavy atom. The fraction of sp³-hybridized carbons (Fsp3) is 0.917. The molecule has 0 rings (SSSR count). The van der Waals surface area contributed by atoms with Crippen LogP contribution in [0.15, 0.2) is 0 Å². The Bertz CT molecular complexity index is 423. The van der Waals surface area contributed by atoms with E-state index < -0.39 is 47.2 Å². The molecule has 0 aliphatic carbocycles. The number of carbonyl (C=O) groups is 1. The first-order valence-corrected chi connectivity index (χ1v) is 18.7. The molecule has 0 heterocycles. The molecule has 0 aliphatic rings. The summed E-state index contributed by atoms with van der Waals surface area (Å²) in [5.74, 6) is 6.10. The van der Waals surface area contributed by atoms with E-state index in [1.807, 2.05) is 0 Å². The van der Waals surface area contributed by atoms with Gasteiger partial charge in [0.2, 0.25) is 0 Å². The molecule has 0 aromatic rings. The predicted octanol–water partition coefficient (Wildman–Crippen LogP) is 2.10. The van der Waals surface area contributed by atoms with Gasteiger partial charge in [0, 0.05) is 35.8 Å². The van der Waals surface area contributed by atoms with Crippen molar-refractivity contribution in [1.82, 2.24) is 0 Å². The first-order chi connectivity index (χ1) is 9.20. The first kappa shape index (κ1) is 38.7. The molecular formula is C12H34O7S2Se2. The maximum absolute atomic E-state index is 9.70. The van der Waals surface area contributed by atoms with E-state index in [0.717, 1.165) is 12.5 Å². The molecule has 0 radical (unpaired) electrons. The Kier molecular flexibility index (Phi) is 37.3. The van der Waals surface area contributed by atoms with Gasteiger partial charge >= 0.3 is 61.3 Å². The van der Waals surface area contributed by atoms with Gasteiger partial charge in [-0.15, -0.1) is 0 Å². The van der Waals surface area contributed by atoms with Gasteiger partial charge in [-0.3, -0.25) is 4.21 Å². The van der Waals surface area contributed by atoms with Gasteiger partial charge in [-0.25, -0.2) is 8.42 Å². The molecule has 0 aliphatic heterocycles. The summed E-state index contributed by atoms with van der Waals surface area (Å²) in [6.45, 7) is 3.06. The van der Waals surface area contributed by atoms with Crippen molar-refractivity contribution in [2.45, 2.75) is 44.6 Å². The summed E-state index contributed by atoms with van der Waals surface area (Å²) in [7, 11) is -3.28. The van der Waals surface area contributed by atoms with Gasteiger partial charge in [-0.05, 0) is 13.8 Å². The molecular weight excluding hydrogens is 478 g/mol. The van der Waals surface area contributed by atoms with Crippen molar-refractivity contribution < 1.29 is 28.9 Å². The van der Waals surface area contributed by atoms with Crippen molar-refractivity contribution in [3.05, 3.63) is 0 Å². The zero-order chi connectivity index (χ0) is 19.7. The summed E-state index contributed by atoms with van der Waals surface area (Å²) in [5.41, 5.74) is 0. The minimum atomic E-state index is -3.25. The second kappa shape index (κ2) is 22.2. The second-order valence-corrected chi connectivity index (χ2v) is 16.4. The van der Waals surface area contributed by atoms with E-state index in [2.05, 4.69) is 0 Å². The van der Waals surface area contributed by atoms with Crippen molar-refractivity contribution in [3.8, 4) is 0 Å². The first-order valence-electron chi connectivity index (χ1n) is 5.47. The average Bonchev–Trinajstić information content (AvgIpc) is 1.88. The van der Waals surface area contributed by atoms with E-state index in [-0.39, 0.29) is 13.2 Å². The van der Waals surface area contributed by atoms with Crippen molar-refractivity contribution in [2.75, 3.05) is 25.0 Å². The Morgan fingerprint density at radius 3 is 1.00 bits per heavy atom. The van der Waals surface area contributed by atoms with E-state index >= 15 is 0 Å². The van der Waals surface area contributed by atoms with Crippen LogP contribution in [0.4, 0.5) is 0 Å². The number of rotatable bonds is 0. The van der Waals surface area contributed by atoms with Crippen molar-refractivity contribution in [2.24, 2.45) is 0 Å². The molecule has 0 amide bonds. The number of sulfone groups is 1. The van der Waals surface area contributed by atoms with Crippen LogP contribution < -0.4 is 0 Å². The van der Waals surface area contributed by atoms with Crippen LogP contribution in [0.1, 0.15) is 21.3 Å². The molecule has 11 heteroatoms. The topological polar surface area (TPSA) is 119 Å². The quantitative estimate of drug-likeness (QED) is 0.456. The molecule has 0 aromatic heterocycles. The summed E-state index contributed by atoms with van der Waals surface area (Å²) in [5, 5.41) is 0. The SMILES string of the molecule is C.CC(C)=O.CS(C)(=O)=O.CS(C)=O.C[Se](C)(=O)=O.C[Se](C)=O. The molecule has 0 unspecified atom stereocenters. The monoisotopic (exact) mass is 514 g/mol. The van der Waals surface area contributed by atoms with E-state index in [0.29, 0.717) is 0 Å². The van der Waals surface area contributed by atoms with Gasteiger partial charge in [-0.2, -0.15) is 0 Å². The number of ketones is 1. The molecule has 0 atom stereocenters. The molecule has 148 valence electrons. The number of hydrogen-bond acceptors (Lipinski definition) is 7. The summed E-state index contributed by atoms with van der Waals surface area (Å²) < 4.78 is 57.9. The van der Waals surface area contributed by atoms with Crippen LogP contribution in [0, 0.1) is 0 Å². The predicted molar refractivity (Wildman–Crippen MR) is 101 cm³/mol. The third-order valence-corrected chi connectivity index (χ3v) is 0. The Labute approximate surface area is 151 Å². The Morgan fingerprint density at radius 1 is 1.00 bits per heavy atom. The third-order valence-electron chi connectivity index (χ3n) is 0. The van der Waals surface area contributed by atoms with Crippen LogP contribution in [0.3, 0.4) is 0 Å². The molecule has 0 N–H and O–H groups in total. The molecule has 0 bridgehead atoms. The maximum atomic E-state index is 9.70. The molecule has 7 nitrogen and oxygen atoms in total. The second-order valence-electron chi connectivity index (χ2n) is 4.68. The summed E-state index contributed by atoms with van der Waals surface area (Å²) >= 11 is -4.54. The molecule has 0 fully saturated rings. The van der Waals surface area contributed by atoms with Crippen molar-refractivity contribution >= 4 is 53.0 Å². The fourth-order valence-electron chi connectivity index (χ4n) is 0. The number of Topliss-reactive ketones (excluding diaryl/α,β-unsaturated/α-hetero) is 1. The van der Waals surface area contributed by atoms with Crippen LogP contribution >= 0.6 is 0 Å². The van der Waals surface area contributed by atoms with Gasteiger partial charge in [0.05, 0.1) is 0 Å². The summed E-state index contributed by atoms with van der Waals surface area (Å²) in [4.78, 5) is 9.44. The van der Waals surface area contributed by atoms with Crippen molar-refractivity contribution in [3.63, 3.8) is 0 Å². The summed E-state index contributed by atoms with van der Waals surface area (Å²) in [6, 6.07) is 0. The number of carbonyl (C=O) groups excluding carboxylic acids is 1. The normalized spacial score (nSPS) is 9.22. The van der Waals surface area contributed by atoms with E-state index in [4.69, 9.17) is 0 Å².